The van der Waals surface area contributed by atoms with Gasteiger partial charge in [-0.2, -0.15) is 0 Å². The van der Waals surface area contributed by atoms with Crippen LogP contribution in [-0.2, 0) is 0 Å². The third-order valence-corrected chi connectivity index (χ3v) is 4.26. The fourth-order valence-corrected chi connectivity index (χ4v) is 2.92. The van der Waals surface area contributed by atoms with Crippen molar-refractivity contribution in [3.05, 3.63) is 88.0 Å². The fourth-order valence-electron chi connectivity index (χ4n) is 2.92. The van der Waals surface area contributed by atoms with Crippen molar-refractivity contribution in [1.82, 2.24) is 0 Å². The van der Waals surface area contributed by atoms with Crippen molar-refractivity contribution in [2.75, 3.05) is 5.32 Å². The highest BCUT2D eigenvalue weighted by atomic mass is 16.6. The molecule has 0 aliphatic rings. The average molecular weight is 359 g/mol. The molecule has 0 unspecified atom stereocenters. The molecule has 1 aromatic heterocycles. The van der Waals surface area contributed by atoms with Gasteiger partial charge >= 0.3 is 0 Å². The predicted molar refractivity (Wildman–Crippen MR) is 101 cm³/mol. The smallest absolute Gasteiger partial charge is 0.269 e. The predicted octanol–water partition coefficient (Wildman–Crippen LogP) is 4.23. The summed E-state index contributed by atoms with van der Waals surface area (Å²) in [5, 5.41) is 24.0. The van der Waals surface area contributed by atoms with Crippen molar-refractivity contribution in [3.63, 3.8) is 0 Å². The standard InChI is InChI=1S/C20H13N3O4/c21-19-17(20(24)22-13-6-8-14(9-7-13)23(25)26)11-16-15-4-2-1-3-12(15)5-10-18(16)27-19/h1-11,21H,(H,22,24). The minimum absolute atomic E-state index is 0.0682. The zero-order valence-corrected chi connectivity index (χ0v) is 13.9. The second kappa shape index (κ2) is 6.38. The molecule has 27 heavy (non-hydrogen) atoms. The van der Waals surface area contributed by atoms with E-state index in [0.29, 0.717) is 11.3 Å². The van der Waals surface area contributed by atoms with Crippen LogP contribution >= 0.6 is 0 Å². The molecular formula is C20H13N3O4. The van der Waals surface area contributed by atoms with Gasteiger partial charge in [0, 0.05) is 23.2 Å². The molecule has 0 atom stereocenters. The van der Waals surface area contributed by atoms with Crippen LogP contribution in [0.25, 0.3) is 21.7 Å². The van der Waals surface area contributed by atoms with E-state index in [1.165, 1.54) is 24.3 Å². The number of fused-ring (bicyclic) bond motifs is 3. The van der Waals surface area contributed by atoms with E-state index in [4.69, 9.17) is 9.83 Å². The Morgan fingerprint density at radius 1 is 1.00 bits per heavy atom. The first-order valence-electron chi connectivity index (χ1n) is 8.09. The molecule has 0 aliphatic carbocycles. The Balaban J connectivity index is 1.74. The van der Waals surface area contributed by atoms with E-state index in [9.17, 15) is 14.9 Å². The third-order valence-electron chi connectivity index (χ3n) is 4.26. The maximum Gasteiger partial charge on any atom is 0.269 e. The highest BCUT2D eigenvalue weighted by Gasteiger charge is 2.14. The zero-order valence-electron chi connectivity index (χ0n) is 13.9. The molecular weight excluding hydrogens is 346 g/mol. The van der Waals surface area contributed by atoms with Gasteiger partial charge in [-0.15, -0.1) is 0 Å². The molecule has 0 spiro atoms. The number of non-ortho nitro benzene ring substituents is 1. The first kappa shape index (κ1) is 16.5. The van der Waals surface area contributed by atoms with Crippen LogP contribution in [0.2, 0.25) is 0 Å². The largest absolute Gasteiger partial charge is 0.438 e. The van der Waals surface area contributed by atoms with Crippen LogP contribution in [0.3, 0.4) is 0 Å². The molecule has 0 radical (unpaired) electrons. The van der Waals surface area contributed by atoms with Gasteiger partial charge < -0.3 is 9.73 Å². The number of hydrogen-bond donors (Lipinski definition) is 2. The number of nitrogens with one attached hydrogen (secondary N) is 2. The fraction of sp³-hybridized carbons (Fsp3) is 0. The number of benzene rings is 3. The summed E-state index contributed by atoms with van der Waals surface area (Å²) in [6.07, 6.45) is 0. The van der Waals surface area contributed by atoms with Crippen molar-refractivity contribution in [2.45, 2.75) is 0 Å². The molecule has 132 valence electrons. The quantitative estimate of drug-likeness (QED) is 0.324. The van der Waals surface area contributed by atoms with Crippen LogP contribution in [-0.4, -0.2) is 10.8 Å². The first-order valence-corrected chi connectivity index (χ1v) is 8.09. The third kappa shape index (κ3) is 3.02. The minimum atomic E-state index is -0.521. The number of carbonyl (C=O) groups excluding carboxylic acids is 1. The minimum Gasteiger partial charge on any atom is -0.438 e. The van der Waals surface area contributed by atoms with Gasteiger partial charge in [-0.05, 0) is 35.0 Å². The van der Waals surface area contributed by atoms with Crippen LogP contribution in [0.15, 0.2) is 71.1 Å². The van der Waals surface area contributed by atoms with E-state index in [2.05, 4.69) is 5.32 Å². The summed E-state index contributed by atoms with van der Waals surface area (Å²) in [5.41, 5.74) is 0.671. The number of carbonyl (C=O) groups is 1. The number of nitrogens with zero attached hydrogens (tertiary/aromatic N) is 1. The molecule has 7 heteroatoms. The summed E-state index contributed by atoms with van der Waals surface area (Å²) in [7, 11) is 0. The van der Waals surface area contributed by atoms with Gasteiger partial charge in [0.05, 0.1) is 4.92 Å². The van der Waals surface area contributed by atoms with Crippen LogP contribution < -0.4 is 10.9 Å². The number of nitro groups is 1. The van der Waals surface area contributed by atoms with Gasteiger partial charge in [0.2, 0.25) is 5.55 Å². The highest BCUT2D eigenvalue weighted by Crippen LogP contribution is 2.25. The molecule has 0 saturated heterocycles. The lowest BCUT2D eigenvalue weighted by molar-refractivity contribution is -0.384. The van der Waals surface area contributed by atoms with E-state index in [0.717, 1.165) is 16.2 Å². The monoisotopic (exact) mass is 359 g/mol. The molecule has 3 aromatic carbocycles. The second-order valence-corrected chi connectivity index (χ2v) is 5.95. The summed E-state index contributed by atoms with van der Waals surface area (Å²) in [6.45, 7) is 0. The number of nitro benzene ring substituents is 1. The number of anilines is 1. The first-order chi connectivity index (χ1) is 13.0. The van der Waals surface area contributed by atoms with Crippen molar-refractivity contribution in [2.24, 2.45) is 0 Å². The van der Waals surface area contributed by atoms with Gasteiger partial charge in [0.25, 0.3) is 11.6 Å². The van der Waals surface area contributed by atoms with E-state index in [-0.39, 0.29) is 16.8 Å². The summed E-state index contributed by atoms with van der Waals surface area (Å²) in [5.74, 6) is -0.521. The van der Waals surface area contributed by atoms with Gasteiger partial charge in [-0.3, -0.25) is 20.3 Å². The van der Waals surface area contributed by atoms with E-state index in [1.54, 1.807) is 12.1 Å². The summed E-state index contributed by atoms with van der Waals surface area (Å²) in [4.78, 5) is 22.8. The lowest BCUT2D eigenvalue weighted by Gasteiger charge is -2.08. The van der Waals surface area contributed by atoms with Gasteiger partial charge in [0.15, 0.2) is 0 Å². The van der Waals surface area contributed by atoms with Crippen LogP contribution in [0.1, 0.15) is 10.4 Å². The van der Waals surface area contributed by atoms with E-state index in [1.807, 2.05) is 30.3 Å². The topological polar surface area (TPSA) is 109 Å². The van der Waals surface area contributed by atoms with Crippen molar-refractivity contribution >= 4 is 39.0 Å². The van der Waals surface area contributed by atoms with Crippen molar-refractivity contribution < 1.29 is 14.1 Å². The molecule has 0 fully saturated rings. The molecule has 0 aliphatic heterocycles. The summed E-state index contributed by atoms with van der Waals surface area (Å²) in [6, 6.07) is 18.5. The van der Waals surface area contributed by atoms with Gasteiger partial charge in [0.1, 0.15) is 11.1 Å². The Labute approximate surface area is 152 Å². The molecule has 0 bridgehead atoms. The maximum absolute atomic E-state index is 12.6. The van der Waals surface area contributed by atoms with E-state index >= 15 is 0 Å². The molecule has 0 saturated carbocycles. The summed E-state index contributed by atoms with van der Waals surface area (Å²) < 4.78 is 5.53. The molecule has 4 rings (SSSR count). The maximum atomic E-state index is 12.6. The Bertz CT molecular complexity index is 1260. The Morgan fingerprint density at radius 2 is 1.74 bits per heavy atom. The summed E-state index contributed by atoms with van der Waals surface area (Å²) >= 11 is 0. The van der Waals surface area contributed by atoms with Crippen molar-refractivity contribution in [1.29, 1.82) is 5.41 Å². The molecule has 2 N–H and O–H groups in total. The molecule has 4 aromatic rings. The zero-order chi connectivity index (χ0) is 19.0. The number of rotatable bonds is 3. The lowest BCUT2D eigenvalue weighted by atomic mass is 10.0. The number of amides is 1. The SMILES string of the molecule is N=c1oc2ccc3ccccc3c2cc1C(=O)Nc1ccc([N+](=O)[O-])cc1. The average Bonchev–Trinajstić information content (AvgIpc) is 2.67. The molecule has 1 amide bonds. The normalized spacial score (nSPS) is 10.8. The second-order valence-electron chi connectivity index (χ2n) is 5.95. The lowest BCUT2D eigenvalue weighted by Crippen LogP contribution is -2.20. The van der Waals surface area contributed by atoms with Crippen LogP contribution in [0, 0.1) is 15.5 Å². The highest BCUT2D eigenvalue weighted by molar-refractivity contribution is 6.10. The molecule has 7 nitrogen and oxygen atoms in total. The van der Waals surface area contributed by atoms with Crippen LogP contribution in [0.4, 0.5) is 11.4 Å². The number of hydrogen-bond acceptors (Lipinski definition) is 5. The molecule has 1 heterocycles. The Morgan fingerprint density at radius 3 is 2.48 bits per heavy atom. The van der Waals surface area contributed by atoms with Gasteiger partial charge in [-0.1, -0.05) is 30.3 Å². The Kier molecular flexibility index (Phi) is 3.89. The van der Waals surface area contributed by atoms with E-state index < -0.39 is 10.8 Å². The van der Waals surface area contributed by atoms with Crippen molar-refractivity contribution in [3.8, 4) is 0 Å². The van der Waals surface area contributed by atoms with Gasteiger partial charge in [-0.25, -0.2) is 0 Å². The van der Waals surface area contributed by atoms with Crippen LogP contribution in [0.5, 0.6) is 0 Å². The Hall–Kier alpha value is -4.00.